The van der Waals surface area contributed by atoms with Gasteiger partial charge in [0.15, 0.2) is 5.82 Å². The number of aryl methyl sites for hydroxylation is 1. The zero-order valence-corrected chi connectivity index (χ0v) is 14.4. The molecule has 0 N–H and O–H groups in total. The fourth-order valence-electron chi connectivity index (χ4n) is 2.76. The standard InChI is InChI=1S/C16H21N3O4S/c1-13-17-16(18-23-13)11-22-15-8-5-9-19(10-15)24(20,21)12-14-6-3-2-4-7-14/h2-4,6-7,15H,5,8-12H2,1H3. The minimum atomic E-state index is -3.34. The molecule has 0 bridgehead atoms. The van der Waals surface area contributed by atoms with E-state index in [-0.39, 0.29) is 18.5 Å². The predicted molar refractivity (Wildman–Crippen MR) is 87.5 cm³/mol. The molecular weight excluding hydrogens is 330 g/mol. The largest absolute Gasteiger partial charge is 0.369 e. The lowest BCUT2D eigenvalue weighted by molar-refractivity contribution is 0.00435. The summed E-state index contributed by atoms with van der Waals surface area (Å²) in [5.74, 6) is 0.992. The van der Waals surface area contributed by atoms with Gasteiger partial charge in [0, 0.05) is 20.0 Å². The van der Waals surface area contributed by atoms with Crippen molar-refractivity contribution in [3.63, 3.8) is 0 Å². The van der Waals surface area contributed by atoms with Crippen molar-refractivity contribution in [3.05, 3.63) is 47.6 Å². The first-order chi connectivity index (χ1) is 11.5. The molecule has 1 atom stereocenters. The Bertz CT molecular complexity index is 761. The Morgan fingerprint density at radius 3 is 2.83 bits per heavy atom. The van der Waals surface area contributed by atoms with E-state index in [4.69, 9.17) is 9.26 Å². The van der Waals surface area contributed by atoms with Crippen LogP contribution in [-0.2, 0) is 27.1 Å². The maximum Gasteiger partial charge on any atom is 0.223 e. The Labute approximate surface area is 141 Å². The van der Waals surface area contributed by atoms with Crippen LogP contribution in [0.5, 0.6) is 0 Å². The molecule has 24 heavy (non-hydrogen) atoms. The van der Waals surface area contributed by atoms with Crippen molar-refractivity contribution < 1.29 is 17.7 Å². The zero-order valence-electron chi connectivity index (χ0n) is 13.6. The second-order valence-corrected chi connectivity index (χ2v) is 7.87. The molecule has 8 heteroatoms. The van der Waals surface area contributed by atoms with E-state index in [0.717, 1.165) is 18.4 Å². The van der Waals surface area contributed by atoms with Gasteiger partial charge in [-0.15, -0.1) is 0 Å². The molecular formula is C16H21N3O4S. The Morgan fingerprint density at radius 2 is 2.12 bits per heavy atom. The summed E-state index contributed by atoms with van der Waals surface area (Å²) >= 11 is 0. The minimum absolute atomic E-state index is 0.0184. The maximum absolute atomic E-state index is 12.6. The van der Waals surface area contributed by atoms with Gasteiger partial charge in [-0.25, -0.2) is 8.42 Å². The third-order valence-corrected chi connectivity index (χ3v) is 5.76. The van der Waals surface area contributed by atoms with Gasteiger partial charge in [-0.1, -0.05) is 35.5 Å². The molecule has 1 saturated heterocycles. The van der Waals surface area contributed by atoms with E-state index >= 15 is 0 Å². The molecule has 0 radical (unpaired) electrons. The van der Waals surface area contributed by atoms with Crippen molar-refractivity contribution in [3.8, 4) is 0 Å². The second-order valence-electron chi connectivity index (χ2n) is 5.90. The topological polar surface area (TPSA) is 85.5 Å². The third-order valence-electron chi connectivity index (χ3n) is 3.94. The first-order valence-corrected chi connectivity index (χ1v) is 9.56. The molecule has 0 aliphatic carbocycles. The molecule has 0 saturated carbocycles. The number of nitrogens with zero attached hydrogens (tertiary/aromatic N) is 3. The fourth-order valence-corrected chi connectivity index (χ4v) is 4.36. The van der Waals surface area contributed by atoms with Gasteiger partial charge in [0.05, 0.1) is 11.9 Å². The average Bonchev–Trinajstić information content (AvgIpc) is 2.99. The summed E-state index contributed by atoms with van der Waals surface area (Å²) in [6.07, 6.45) is 1.46. The van der Waals surface area contributed by atoms with Crippen molar-refractivity contribution >= 4 is 10.0 Å². The van der Waals surface area contributed by atoms with E-state index in [1.807, 2.05) is 30.3 Å². The normalized spacial score (nSPS) is 19.5. The van der Waals surface area contributed by atoms with Crippen molar-refractivity contribution in [1.29, 1.82) is 0 Å². The number of aromatic nitrogens is 2. The number of rotatable bonds is 6. The summed E-state index contributed by atoms with van der Waals surface area (Å²) in [4.78, 5) is 4.08. The third kappa shape index (κ3) is 4.40. The number of sulfonamides is 1. The Balaban J connectivity index is 1.58. The van der Waals surface area contributed by atoms with Gasteiger partial charge in [0.1, 0.15) is 6.61 Å². The predicted octanol–water partition coefficient (Wildman–Crippen LogP) is 1.89. The number of hydrogen-bond acceptors (Lipinski definition) is 6. The van der Waals surface area contributed by atoms with Gasteiger partial charge >= 0.3 is 0 Å². The quantitative estimate of drug-likeness (QED) is 0.790. The van der Waals surface area contributed by atoms with Crippen LogP contribution in [0.2, 0.25) is 0 Å². The highest BCUT2D eigenvalue weighted by atomic mass is 32.2. The number of benzene rings is 1. The summed E-state index contributed by atoms with van der Waals surface area (Å²) in [5, 5.41) is 3.78. The number of piperidine rings is 1. The van der Waals surface area contributed by atoms with E-state index in [2.05, 4.69) is 10.1 Å². The lowest BCUT2D eigenvalue weighted by Gasteiger charge is -2.31. The van der Waals surface area contributed by atoms with E-state index in [0.29, 0.717) is 24.8 Å². The molecule has 1 fully saturated rings. The molecule has 1 aromatic carbocycles. The molecule has 1 unspecified atom stereocenters. The SMILES string of the molecule is Cc1nc(COC2CCCN(S(=O)(=O)Cc3ccccc3)C2)no1. The summed E-state index contributed by atoms with van der Waals surface area (Å²) in [6, 6.07) is 9.22. The average molecular weight is 351 g/mol. The Morgan fingerprint density at radius 1 is 1.33 bits per heavy atom. The highest BCUT2D eigenvalue weighted by molar-refractivity contribution is 7.88. The lowest BCUT2D eigenvalue weighted by Crippen LogP contribution is -2.43. The van der Waals surface area contributed by atoms with E-state index < -0.39 is 10.0 Å². The molecule has 1 aromatic heterocycles. The maximum atomic E-state index is 12.6. The Kier molecular flexibility index (Phi) is 5.27. The molecule has 2 heterocycles. The van der Waals surface area contributed by atoms with Crippen molar-refractivity contribution in [2.75, 3.05) is 13.1 Å². The number of ether oxygens (including phenoxy) is 1. The molecule has 0 amide bonds. The smallest absolute Gasteiger partial charge is 0.223 e. The summed E-state index contributed by atoms with van der Waals surface area (Å²) in [5.41, 5.74) is 0.794. The van der Waals surface area contributed by atoms with Gasteiger partial charge in [-0.3, -0.25) is 0 Å². The first kappa shape index (κ1) is 17.1. The van der Waals surface area contributed by atoms with Crippen LogP contribution in [0.4, 0.5) is 0 Å². The highest BCUT2D eigenvalue weighted by Gasteiger charge is 2.29. The van der Waals surface area contributed by atoms with Gasteiger partial charge in [-0.2, -0.15) is 9.29 Å². The summed E-state index contributed by atoms with van der Waals surface area (Å²) in [6.45, 7) is 2.85. The molecule has 1 aliphatic heterocycles. The molecule has 130 valence electrons. The lowest BCUT2D eigenvalue weighted by atomic mass is 10.1. The van der Waals surface area contributed by atoms with Crippen LogP contribution in [0.3, 0.4) is 0 Å². The van der Waals surface area contributed by atoms with Crippen LogP contribution < -0.4 is 0 Å². The van der Waals surface area contributed by atoms with E-state index in [1.54, 1.807) is 6.92 Å². The second kappa shape index (κ2) is 7.42. The van der Waals surface area contributed by atoms with Gasteiger partial charge in [0.2, 0.25) is 15.9 Å². The van der Waals surface area contributed by atoms with E-state index in [9.17, 15) is 8.42 Å². The molecule has 2 aromatic rings. The minimum Gasteiger partial charge on any atom is -0.369 e. The number of hydrogen-bond donors (Lipinski definition) is 0. The fraction of sp³-hybridized carbons (Fsp3) is 0.500. The van der Waals surface area contributed by atoms with Crippen LogP contribution in [-0.4, -0.2) is 42.1 Å². The van der Waals surface area contributed by atoms with Crippen LogP contribution in [0.25, 0.3) is 0 Å². The molecule has 0 spiro atoms. The van der Waals surface area contributed by atoms with Gasteiger partial charge < -0.3 is 9.26 Å². The first-order valence-electron chi connectivity index (χ1n) is 7.95. The van der Waals surface area contributed by atoms with Gasteiger partial charge in [0.25, 0.3) is 0 Å². The van der Waals surface area contributed by atoms with Crippen LogP contribution >= 0.6 is 0 Å². The summed E-state index contributed by atoms with van der Waals surface area (Å²) in [7, 11) is -3.34. The monoisotopic (exact) mass is 351 g/mol. The van der Waals surface area contributed by atoms with E-state index in [1.165, 1.54) is 4.31 Å². The van der Waals surface area contributed by atoms with Crippen LogP contribution in [0.15, 0.2) is 34.9 Å². The highest BCUT2D eigenvalue weighted by Crippen LogP contribution is 2.20. The van der Waals surface area contributed by atoms with Crippen molar-refractivity contribution in [1.82, 2.24) is 14.4 Å². The molecule has 3 rings (SSSR count). The molecule has 1 aliphatic rings. The van der Waals surface area contributed by atoms with Crippen LogP contribution in [0, 0.1) is 6.92 Å². The van der Waals surface area contributed by atoms with Gasteiger partial charge in [-0.05, 0) is 18.4 Å². The van der Waals surface area contributed by atoms with Crippen molar-refractivity contribution in [2.24, 2.45) is 0 Å². The molecule has 7 nitrogen and oxygen atoms in total. The van der Waals surface area contributed by atoms with Crippen molar-refractivity contribution in [2.45, 2.75) is 38.2 Å². The Hall–Kier alpha value is -1.77. The zero-order chi connectivity index (χ0) is 17.0. The van der Waals surface area contributed by atoms with Crippen LogP contribution in [0.1, 0.15) is 30.1 Å². The summed E-state index contributed by atoms with van der Waals surface area (Å²) < 4.78 is 37.4.